The molecule has 3 atom stereocenters. The Bertz CT molecular complexity index is 481. The maximum absolute atomic E-state index is 12.2. The smallest absolute Gasteiger partial charge is 0.251 e. The number of hydrogen-bond acceptors (Lipinski definition) is 2. The average molecular weight is 301 g/mol. The Balaban J connectivity index is 2.13. The largest absolute Gasteiger partial charge is 0.397 e. The van der Waals surface area contributed by atoms with E-state index in [4.69, 9.17) is 28.9 Å². The highest BCUT2D eigenvalue weighted by atomic mass is 35.5. The minimum absolute atomic E-state index is 0.142. The van der Waals surface area contributed by atoms with Gasteiger partial charge in [-0.3, -0.25) is 4.79 Å². The number of benzene rings is 1. The summed E-state index contributed by atoms with van der Waals surface area (Å²) < 4.78 is 0. The van der Waals surface area contributed by atoms with Gasteiger partial charge >= 0.3 is 0 Å². The number of hydrogen-bond donors (Lipinski definition) is 2. The van der Waals surface area contributed by atoms with Gasteiger partial charge in [-0.15, -0.1) is 0 Å². The molecule has 0 heterocycles. The van der Waals surface area contributed by atoms with Crippen LogP contribution in [0.4, 0.5) is 5.69 Å². The summed E-state index contributed by atoms with van der Waals surface area (Å²) in [5, 5.41) is 3.65. The zero-order valence-electron chi connectivity index (χ0n) is 11.0. The highest BCUT2D eigenvalue weighted by molar-refractivity contribution is 6.43. The first kappa shape index (κ1) is 14.5. The first-order valence-electron chi connectivity index (χ1n) is 6.45. The Kier molecular flexibility index (Phi) is 4.26. The third kappa shape index (κ3) is 2.98. The quantitative estimate of drug-likeness (QED) is 0.818. The van der Waals surface area contributed by atoms with Crippen LogP contribution in [0.5, 0.6) is 0 Å². The van der Waals surface area contributed by atoms with Gasteiger partial charge in [-0.2, -0.15) is 0 Å². The molecule has 1 saturated carbocycles. The Hall–Kier alpha value is -0.930. The van der Waals surface area contributed by atoms with Crippen LogP contribution in [0.3, 0.4) is 0 Å². The van der Waals surface area contributed by atoms with E-state index >= 15 is 0 Å². The van der Waals surface area contributed by atoms with Crippen LogP contribution in [0.25, 0.3) is 0 Å². The molecule has 1 aliphatic carbocycles. The Morgan fingerprint density at radius 3 is 2.53 bits per heavy atom. The van der Waals surface area contributed by atoms with E-state index in [0.29, 0.717) is 33.1 Å². The topological polar surface area (TPSA) is 55.1 Å². The van der Waals surface area contributed by atoms with Crippen LogP contribution in [0, 0.1) is 11.8 Å². The third-order valence-electron chi connectivity index (χ3n) is 4.10. The van der Waals surface area contributed by atoms with Gasteiger partial charge in [-0.1, -0.05) is 37.0 Å². The summed E-state index contributed by atoms with van der Waals surface area (Å²) in [7, 11) is 0. The molecule has 0 radical (unpaired) electrons. The summed E-state index contributed by atoms with van der Waals surface area (Å²) in [6.45, 7) is 4.39. The molecular formula is C14H18Cl2N2O. The van der Waals surface area contributed by atoms with E-state index in [1.165, 1.54) is 0 Å². The van der Waals surface area contributed by atoms with Crippen LogP contribution in [-0.4, -0.2) is 11.9 Å². The highest BCUT2D eigenvalue weighted by Gasteiger charge is 2.31. The van der Waals surface area contributed by atoms with Gasteiger partial charge in [-0.05, 0) is 36.8 Å². The Morgan fingerprint density at radius 1 is 1.32 bits per heavy atom. The van der Waals surface area contributed by atoms with E-state index in [-0.39, 0.29) is 11.9 Å². The van der Waals surface area contributed by atoms with Crippen molar-refractivity contribution in [1.29, 1.82) is 0 Å². The van der Waals surface area contributed by atoms with Crippen LogP contribution in [0.2, 0.25) is 10.0 Å². The number of nitrogen functional groups attached to an aromatic ring is 1. The van der Waals surface area contributed by atoms with Gasteiger partial charge in [0, 0.05) is 11.6 Å². The molecule has 3 unspecified atom stereocenters. The minimum Gasteiger partial charge on any atom is -0.397 e. The predicted molar refractivity (Wildman–Crippen MR) is 79.7 cm³/mol. The molecule has 0 bridgehead atoms. The summed E-state index contributed by atoms with van der Waals surface area (Å²) in [5.41, 5.74) is 6.50. The van der Waals surface area contributed by atoms with Crippen LogP contribution < -0.4 is 11.1 Å². The van der Waals surface area contributed by atoms with E-state index in [1.54, 1.807) is 12.1 Å². The van der Waals surface area contributed by atoms with Crippen molar-refractivity contribution in [2.75, 3.05) is 5.73 Å². The van der Waals surface area contributed by atoms with Crippen molar-refractivity contribution in [3.8, 4) is 0 Å². The second kappa shape index (κ2) is 5.59. The predicted octanol–water partition coefficient (Wildman–Crippen LogP) is 3.74. The molecule has 3 N–H and O–H groups in total. The second-order valence-electron chi connectivity index (χ2n) is 5.35. The lowest BCUT2D eigenvalue weighted by Gasteiger charge is -2.20. The monoisotopic (exact) mass is 300 g/mol. The molecule has 5 heteroatoms. The van der Waals surface area contributed by atoms with Crippen LogP contribution in [0.15, 0.2) is 12.1 Å². The second-order valence-corrected chi connectivity index (χ2v) is 6.14. The standard InChI is InChI=1S/C14H18Cl2N2O/c1-7-3-4-12(8(7)2)18-14(19)9-5-10(15)13(16)11(17)6-9/h5-8,12H,3-4,17H2,1-2H3,(H,18,19). The van der Waals surface area contributed by atoms with Crippen molar-refractivity contribution < 1.29 is 4.79 Å². The number of nitrogens with one attached hydrogen (secondary N) is 1. The van der Waals surface area contributed by atoms with Crippen LogP contribution >= 0.6 is 23.2 Å². The number of carbonyl (C=O) groups is 1. The average Bonchev–Trinajstić information content (AvgIpc) is 2.67. The molecule has 0 saturated heterocycles. The molecule has 19 heavy (non-hydrogen) atoms. The lowest BCUT2D eigenvalue weighted by molar-refractivity contribution is 0.0927. The summed E-state index contributed by atoms with van der Waals surface area (Å²) in [6, 6.07) is 3.34. The van der Waals surface area contributed by atoms with Gasteiger partial charge < -0.3 is 11.1 Å². The lowest BCUT2D eigenvalue weighted by Crippen LogP contribution is -2.37. The van der Waals surface area contributed by atoms with Gasteiger partial charge in [0.05, 0.1) is 15.7 Å². The number of anilines is 1. The molecule has 1 aromatic carbocycles. The fraction of sp³-hybridized carbons (Fsp3) is 0.500. The van der Waals surface area contributed by atoms with Gasteiger partial charge in [-0.25, -0.2) is 0 Å². The van der Waals surface area contributed by atoms with Crippen molar-refractivity contribution in [2.24, 2.45) is 11.8 Å². The van der Waals surface area contributed by atoms with Crippen molar-refractivity contribution in [1.82, 2.24) is 5.32 Å². The summed E-state index contributed by atoms with van der Waals surface area (Å²) in [5.74, 6) is 0.990. The van der Waals surface area contributed by atoms with Gasteiger partial charge in [0.25, 0.3) is 5.91 Å². The number of rotatable bonds is 2. The summed E-state index contributed by atoms with van der Waals surface area (Å²) >= 11 is 11.8. The number of halogens is 2. The first-order chi connectivity index (χ1) is 8.90. The molecule has 3 nitrogen and oxygen atoms in total. The van der Waals surface area contributed by atoms with Crippen molar-refractivity contribution in [3.05, 3.63) is 27.7 Å². The molecule has 1 aliphatic rings. The van der Waals surface area contributed by atoms with Crippen molar-refractivity contribution in [3.63, 3.8) is 0 Å². The Morgan fingerprint density at radius 2 is 2.00 bits per heavy atom. The molecule has 0 aromatic heterocycles. The van der Waals surface area contributed by atoms with Gasteiger partial charge in [0.2, 0.25) is 0 Å². The fourth-order valence-electron chi connectivity index (χ4n) is 2.56. The van der Waals surface area contributed by atoms with Gasteiger partial charge in [0.15, 0.2) is 0 Å². The zero-order valence-corrected chi connectivity index (χ0v) is 12.6. The molecule has 1 fully saturated rings. The molecule has 2 rings (SSSR count). The zero-order chi connectivity index (χ0) is 14.2. The molecule has 1 aromatic rings. The fourth-order valence-corrected chi connectivity index (χ4v) is 2.90. The molecule has 0 spiro atoms. The molecule has 104 valence electrons. The van der Waals surface area contributed by atoms with E-state index in [0.717, 1.165) is 12.8 Å². The highest BCUT2D eigenvalue weighted by Crippen LogP contribution is 2.32. The molecule has 0 aliphatic heterocycles. The van der Waals surface area contributed by atoms with Crippen molar-refractivity contribution in [2.45, 2.75) is 32.7 Å². The maximum Gasteiger partial charge on any atom is 0.251 e. The van der Waals surface area contributed by atoms with Gasteiger partial charge in [0.1, 0.15) is 0 Å². The SMILES string of the molecule is CC1CCC(NC(=O)c2cc(N)c(Cl)c(Cl)c2)C1C. The normalized spacial score (nSPS) is 26.4. The number of amides is 1. The number of nitrogens with two attached hydrogens (primary N) is 1. The van der Waals surface area contributed by atoms with E-state index in [9.17, 15) is 4.79 Å². The summed E-state index contributed by atoms with van der Waals surface area (Å²) in [6.07, 6.45) is 2.17. The minimum atomic E-state index is -0.142. The Labute approximate surface area is 123 Å². The van der Waals surface area contributed by atoms with E-state index in [2.05, 4.69) is 19.2 Å². The molecule has 1 amide bonds. The summed E-state index contributed by atoms with van der Waals surface area (Å²) in [4.78, 5) is 12.2. The maximum atomic E-state index is 12.2. The van der Waals surface area contributed by atoms with Crippen LogP contribution in [-0.2, 0) is 0 Å². The van der Waals surface area contributed by atoms with Crippen LogP contribution in [0.1, 0.15) is 37.0 Å². The third-order valence-corrected chi connectivity index (χ3v) is 4.92. The van der Waals surface area contributed by atoms with E-state index < -0.39 is 0 Å². The lowest BCUT2D eigenvalue weighted by atomic mass is 9.97. The first-order valence-corrected chi connectivity index (χ1v) is 7.21. The van der Waals surface area contributed by atoms with Crippen molar-refractivity contribution >= 4 is 34.8 Å². The number of carbonyl (C=O) groups excluding carboxylic acids is 1. The van der Waals surface area contributed by atoms with E-state index in [1.807, 2.05) is 0 Å². The molecular weight excluding hydrogens is 283 g/mol.